The van der Waals surface area contributed by atoms with Crippen molar-refractivity contribution in [2.24, 2.45) is 0 Å². The summed E-state index contributed by atoms with van der Waals surface area (Å²) in [5.74, 6) is -0.443. The summed E-state index contributed by atoms with van der Waals surface area (Å²) in [6.07, 6.45) is -2.98. The minimum atomic E-state index is -4.16. The summed E-state index contributed by atoms with van der Waals surface area (Å²) in [5, 5.41) is 13.2. The van der Waals surface area contributed by atoms with Crippen molar-refractivity contribution < 1.29 is 37.7 Å². The average Bonchev–Trinajstić information content (AvgIpc) is 3.12. The van der Waals surface area contributed by atoms with Crippen LogP contribution in [0.15, 0.2) is 47.4 Å². The Morgan fingerprint density at radius 1 is 1.32 bits per heavy atom. The minimum absolute atomic E-state index is 0.0263. The Morgan fingerprint density at radius 3 is 2.65 bits per heavy atom. The van der Waals surface area contributed by atoms with Crippen molar-refractivity contribution in [3.63, 3.8) is 0 Å². The summed E-state index contributed by atoms with van der Waals surface area (Å²) >= 11 is 0. The van der Waals surface area contributed by atoms with Crippen LogP contribution < -0.4 is 21.0 Å². The van der Waals surface area contributed by atoms with E-state index in [1.165, 1.54) is 33.4 Å². The lowest BCUT2D eigenvalue weighted by molar-refractivity contribution is -0.142. The molecule has 13 nitrogen and oxygen atoms in total. The molecule has 0 spiro atoms. The number of benzene rings is 1. The Hall–Kier alpha value is -2.80. The summed E-state index contributed by atoms with van der Waals surface area (Å²) < 4.78 is 41.4. The lowest BCUT2D eigenvalue weighted by Gasteiger charge is -2.24. The zero-order valence-electron chi connectivity index (χ0n) is 18.8. The molecule has 1 aromatic heterocycles. The first-order valence-corrected chi connectivity index (χ1v) is 11.8. The molecule has 1 aliphatic heterocycles. The number of carbonyl (C=O) groups excluding carboxylic acids is 1. The monoisotopic (exact) mass is 498 g/mol. The maximum atomic E-state index is 13.5. The van der Waals surface area contributed by atoms with E-state index in [0.717, 1.165) is 4.57 Å². The van der Waals surface area contributed by atoms with Crippen LogP contribution in [0.2, 0.25) is 0 Å². The number of nitrogen functional groups attached to an aromatic ring is 1. The highest BCUT2D eigenvalue weighted by Gasteiger charge is 2.47. The second kappa shape index (κ2) is 11.1. The van der Waals surface area contributed by atoms with Crippen LogP contribution in [-0.4, -0.2) is 65.8 Å². The number of nitrogens with one attached hydrogen (secondary N) is 1. The number of aromatic nitrogens is 2. The van der Waals surface area contributed by atoms with E-state index >= 15 is 0 Å². The molecule has 0 saturated carbocycles. The molecule has 2 heterocycles. The van der Waals surface area contributed by atoms with Gasteiger partial charge in [0.2, 0.25) is 0 Å². The predicted molar refractivity (Wildman–Crippen MR) is 119 cm³/mol. The Balaban J connectivity index is 1.78. The first-order valence-electron chi connectivity index (χ1n) is 10.2. The molecule has 0 bridgehead atoms. The van der Waals surface area contributed by atoms with Crippen LogP contribution in [0.1, 0.15) is 13.2 Å². The number of hydrogen-bond donors (Lipinski definition) is 3. The Labute approximate surface area is 195 Å². The Morgan fingerprint density at radius 2 is 2.03 bits per heavy atom. The van der Waals surface area contributed by atoms with Gasteiger partial charge in [-0.3, -0.25) is 13.9 Å². The molecule has 14 heteroatoms. The van der Waals surface area contributed by atoms with E-state index in [1.54, 1.807) is 30.3 Å². The topological polar surface area (TPSA) is 173 Å². The van der Waals surface area contributed by atoms with Crippen LogP contribution in [0.3, 0.4) is 0 Å². The van der Waals surface area contributed by atoms with E-state index in [4.69, 9.17) is 24.3 Å². The second-order valence-corrected chi connectivity index (χ2v) is 9.06. The summed E-state index contributed by atoms with van der Waals surface area (Å²) in [6.45, 7) is 0.994. The zero-order chi connectivity index (χ0) is 24.9. The molecule has 3 rings (SSSR count). The average molecular weight is 498 g/mol. The largest absolute Gasteiger partial charge is 0.468 e. The number of nitrogens with two attached hydrogens (primary N) is 1. The predicted octanol–water partition coefficient (Wildman–Crippen LogP) is 0.454. The smallest absolute Gasteiger partial charge is 0.459 e. The van der Waals surface area contributed by atoms with Crippen molar-refractivity contribution in [2.75, 3.05) is 26.6 Å². The molecule has 1 aromatic carbocycles. The molecule has 1 saturated heterocycles. The van der Waals surface area contributed by atoms with Gasteiger partial charge in [-0.25, -0.2) is 9.36 Å². The number of rotatable bonds is 10. The molecular weight excluding hydrogens is 471 g/mol. The number of anilines is 1. The summed E-state index contributed by atoms with van der Waals surface area (Å²) in [4.78, 5) is 27.7. The lowest BCUT2D eigenvalue weighted by atomic mass is 10.1. The van der Waals surface area contributed by atoms with Gasteiger partial charge in [-0.15, -0.1) is 0 Å². The summed E-state index contributed by atoms with van der Waals surface area (Å²) in [7, 11) is -1.63. The number of aliphatic hydroxyl groups is 1. The van der Waals surface area contributed by atoms with Gasteiger partial charge in [-0.05, 0) is 25.1 Å². The highest BCUT2D eigenvalue weighted by Crippen LogP contribution is 2.46. The number of nitrogens with zero attached hydrogens (tertiary/aromatic N) is 2. The van der Waals surface area contributed by atoms with Gasteiger partial charge in [0, 0.05) is 13.3 Å². The molecular formula is C20H27N4O9P. The highest BCUT2D eigenvalue weighted by atomic mass is 31.2. The maximum absolute atomic E-state index is 13.5. The van der Waals surface area contributed by atoms with Crippen molar-refractivity contribution in [1.29, 1.82) is 0 Å². The number of esters is 1. The van der Waals surface area contributed by atoms with Gasteiger partial charge in [-0.2, -0.15) is 10.1 Å². The van der Waals surface area contributed by atoms with E-state index in [-0.39, 0.29) is 11.6 Å². The maximum Gasteiger partial charge on any atom is 0.459 e. The summed E-state index contributed by atoms with van der Waals surface area (Å²) in [5.41, 5.74) is 4.83. The fraction of sp³-hybridized carbons (Fsp3) is 0.450. The van der Waals surface area contributed by atoms with Crippen LogP contribution in [0, 0.1) is 0 Å². The van der Waals surface area contributed by atoms with Gasteiger partial charge in [0.05, 0.1) is 13.7 Å². The zero-order valence-corrected chi connectivity index (χ0v) is 19.7. The van der Waals surface area contributed by atoms with Crippen molar-refractivity contribution >= 4 is 19.5 Å². The highest BCUT2D eigenvalue weighted by molar-refractivity contribution is 7.52. The molecule has 3 unspecified atom stereocenters. The first-order chi connectivity index (χ1) is 16.2. The summed E-state index contributed by atoms with van der Waals surface area (Å²) in [6, 6.07) is 8.54. The molecule has 2 aromatic rings. The molecule has 186 valence electrons. The lowest BCUT2D eigenvalue weighted by Crippen LogP contribution is -2.38. The number of carbonyl (C=O) groups is 1. The van der Waals surface area contributed by atoms with Crippen molar-refractivity contribution in [1.82, 2.24) is 14.6 Å². The number of para-hydroxylation sites is 1. The van der Waals surface area contributed by atoms with Crippen molar-refractivity contribution in [3.05, 3.63) is 53.1 Å². The van der Waals surface area contributed by atoms with Crippen LogP contribution in [0.5, 0.6) is 5.75 Å². The van der Waals surface area contributed by atoms with Gasteiger partial charge in [0.15, 0.2) is 6.23 Å². The fourth-order valence-electron chi connectivity index (χ4n) is 3.30. The van der Waals surface area contributed by atoms with Gasteiger partial charge in [-0.1, -0.05) is 18.2 Å². The SMILES string of the molecule is COC(=O)[C@H](C)NP(=O)(OC[C@H]1O[C@@H](n2ccc(N)nc2=O)C(OC)C1O)Oc1ccccc1. The number of methoxy groups -OCH3 is 2. The minimum Gasteiger partial charge on any atom is -0.468 e. The van der Waals surface area contributed by atoms with Crippen LogP contribution in [0.25, 0.3) is 0 Å². The molecule has 1 aliphatic rings. The third-order valence-electron chi connectivity index (χ3n) is 4.99. The van der Waals surface area contributed by atoms with Gasteiger partial charge < -0.3 is 29.6 Å². The Kier molecular flexibility index (Phi) is 8.42. The number of aliphatic hydroxyl groups excluding tert-OH is 1. The van der Waals surface area contributed by atoms with Crippen molar-refractivity contribution in [2.45, 2.75) is 37.5 Å². The van der Waals surface area contributed by atoms with E-state index < -0.39 is 56.6 Å². The molecule has 1 fully saturated rings. The number of hydrogen-bond acceptors (Lipinski definition) is 11. The molecule has 4 N–H and O–H groups in total. The van der Waals surface area contributed by atoms with Gasteiger partial charge in [0.1, 0.15) is 35.9 Å². The first kappa shape index (κ1) is 25.8. The van der Waals surface area contributed by atoms with Gasteiger partial charge in [0.25, 0.3) is 0 Å². The second-order valence-electron chi connectivity index (χ2n) is 7.37. The third kappa shape index (κ3) is 6.00. The quantitative estimate of drug-likeness (QED) is 0.305. The van der Waals surface area contributed by atoms with E-state index in [1.807, 2.05) is 0 Å². The van der Waals surface area contributed by atoms with Crippen LogP contribution >= 0.6 is 7.75 Å². The van der Waals surface area contributed by atoms with E-state index in [2.05, 4.69) is 14.8 Å². The molecule has 34 heavy (non-hydrogen) atoms. The van der Waals surface area contributed by atoms with E-state index in [9.17, 15) is 19.3 Å². The fourth-order valence-corrected chi connectivity index (χ4v) is 4.80. The van der Waals surface area contributed by atoms with Gasteiger partial charge >= 0.3 is 19.4 Å². The molecule has 0 aliphatic carbocycles. The molecule has 6 atom stereocenters. The van der Waals surface area contributed by atoms with Crippen LogP contribution in [-0.2, 0) is 28.1 Å². The number of ether oxygens (including phenoxy) is 3. The normalized spacial score (nSPS) is 24.8. The van der Waals surface area contributed by atoms with Crippen molar-refractivity contribution in [3.8, 4) is 5.75 Å². The molecule has 0 amide bonds. The molecule has 0 radical (unpaired) electrons. The standard InChI is InChI=1S/C20H27N4O9P/c1-12(19(26)30-3)23-34(28,33-13-7-5-4-6-8-13)31-11-14-16(25)17(29-2)18(32-14)24-10-9-15(21)22-20(24)27/h4-10,12,14,16-18,25H,11H2,1-3H3,(H,23,28)(H2,21,22,27)/t12-,14+,16?,17?,18+,34?/m0/s1. The van der Waals surface area contributed by atoms with E-state index in [0.29, 0.717) is 0 Å². The third-order valence-corrected chi connectivity index (χ3v) is 6.64. The Bertz CT molecular complexity index is 1080. The van der Waals surface area contributed by atoms with Crippen LogP contribution in [0.4, 0.5) is 5.82 Å².